The van der Waals surface area contributed by atoms with Crippen LogP contribution in [0, 0.1) is 5.82 Å². The van der Waals surface area contributed by atoms with E-state index in [2.05, 4.69) is 5.16 Å². The first-order valence-electron chi connectivity index (χ1n) is 8.89. The molecule has 1 aromatic heterocycles. The van der Waals surface area contributed by atoms with Crippen LogP contribution in [0.25, 0.3) is 11.3 Å². The van der Waals surface area contributed by atoms with Gasteiger partial charge in [0.05, 0.1) is 18.8 Å². The molecule has 0 N–H and O–H groups in total. The van der Waals surface area contributed by atoms with E-state index in [4.69, 9.17) is 18.7 Å². The van der Waals surface area contributed by atoms with Gasteiger partial charge < -0.3 is 18.7 Å². The van der Waals surface area contributed by atoms with Crippen molar-refractivity contribution in [1.82, 2.24) is 5.16 Å². The Balaban J connectivity index is 1.65. The Labute approximate surface area is 161 Å². The van der Waals surface area contributed by atoms with E-state index in [-0.39, 0.29) is 12.4 Å². The molecule has 0 saturated heterocycles. The van der Waals surface area contributed by atoms with Crippen LogP contribution in [0.4, 0.5) is 4.39 Å². The number of esters is 1. The van der Waals surface area contributed by atoms with Crippen LogP contribution >= 0.6 is 0 Å². The second kappa shape index (κ2) is 9.03. The highest BCUT2D eigenvalue weighted by Gasteiger charge is 2.14. The van der Waals surface area contributed by atoms with E-state index in [1.807, 2.05) is 13.8 Å². The molecule has 3 aromatic rings. The van der Waals surface area contributed by atoms with Gasteiger partial charge in [-0.3, -0.25) is 0 Å². The van der Waals surface area contributed by atoms with Crippen LogP contribution in [0.5, 0.6) is 11.5 Å². The molecule has 0 unspecified atom stereocenters. The number of carbonyl (C=O) groups excluding carboxylic acids is 1. The van der Waals surface area contributed by atoms with Gasteiger partial charge in [0.25, 0.3) is 0 Å². The van der Waals surface area contributed by atoms with Crippen LogP contribution in [0.3, 0.4) is 0 Å². The van der Waals surface area contributed by atoms with E-state index in [0.29, 0.717) is 47.3 Å². The molecule has 0 spiro atoms. The van der Waals surface area contributed by atoms with Crippen LogP contribution in [-0.2, 0) is 11.3 Å². The third-order valence-electron chi connectivity index (χ3n) is 3.82. The summed E-state index contributed by atoms with van der Waals surface area (Å²) in [6.07, 6.45) is 0. The second-order valence-electron chi connectivity index (χ2n) is 5.79. The first kappa shape index (κ1) is 19.4. The summed E-state index contributed by atoms with van der Waals surface area (Å²) >= 11 is 0. The van der Waals surface area contributed by atoms with Crippen LogP contribution in [-0.4, -0.2) is 24.3 Å². The van der Waals surface area contributed by atoms with E-state index in [1.54, 1.807) is 36.4 Å². The molecule has 0 fully saturated rings. The summed E-state index contributed by atoms with van der Waals surface area (Å²) in [6.45, 7) is 4.61. The van der Waals surface area contributed by atoms with Crippen LogP contribution in [0.15, 0.2) is 53.1 Å². The second-order valence-corrected chi connectivity index (χ2v) is 5.79. The fraction of sp³-hybridized carbons (Fsp3) is 0.238. The smallest absolute Gasteiger partial charge is 0.338 e. The first-order chi connectivity index (χ1) is 13.6. The minimum atomic E-state index is -0.518. The fourth-order valence-corrected chi connectivity index (χ4v) is 2.53. The van der Waals surface area contributed by atoms with Gasteiger partial charge in [-0.1, -0.05) is 5.16 Å². The maximum absolute atomic E-state index is 13.0. The molecule has 0 aliphatic heterocycles. The Bertz CT molecular complexity index is 936. The van der Waals surface area contributed by atoms with Gasteiger partial charge in [-0.15, -0.1) is 0 Å². The summed E-state index contributed by atoms with van der Waals surface area (Å²) < 4.78 is 34.5. The van der Waals surface area contributed by atoms with Crippen molar-refractivity contribution in [1.29, 1.82) is 0 Å². The van der Waals surface area contributed by atoms with Crippen molar-refractivity contribution in [2.24, 2.45) is 0 Å². The number of benzene rings is 2. The molecule has 0 aliphatic rings. The summed E-state index contributed by atoms with van der Waals surface area (Å²) in [7, 11) is 0. The SMILES string of the molecule is CCOc1ccc(C(=O)OCc2cc(-c3ccc(F)cc3)on2)cc1OCC. The normalized spacial score (nSPS) is 10.5. The number of hydrogen-bond acceptors (Lipinski definition) is 6. The lowest BCUT2D eigenvalue weighted by Gasteiger charge is -2.12. The third kappa shape index (κ3) is 4.68. The molecule has 28 heavy (non-hydrogen) atoms. The summed E-state index contributed by atoms with van der Waals surface area (Å²) in [5, 5.41) is 3.88. The van der Waals surface area contributed by atoms with Crippen LogP contribution < -0.4 is 9.47 Å². The molecule has 2 aromatic carbocycles. The van der Waals surface area contributed by atoms with Crippen molar-refractivity contribution in [2.75, 3.05) is 13.2 Å². The number of aromatic nitrogens is 1. The van der Waals surface area contributed by atoms with Gasteiger partial charge in [-0.05, 0) is 56.3 Å². The number of carbonyl (C=O) groups is 1. The predicted molar refractivity (Wildman–Crippen MR) is 99.8 cm³/mol. The highest BCUT2D eigenvalue weighted by atomic mass is 19.1. The average molecular weight is 385 g/mol. The molecule has 146 valence electrons. The zero-order valence-corrected chi connectivity index (χ0v) is 15.6. The van der Waals surface area contributed by atoms with Gasteiger partial charge >= 0.3 is 5.97 Å². The number of hydrogen-bond donors (Lipinski definition) is 0. The van der Waals surface area contributed by atoms with Gasteiger partial charge in [0.1, 0.15) is 18.1 Å². The molecular weight excluding hydrogens is 365 g/mol. The Hall–Kier alpha value is -3.35. The number of rotatable bonds is 8. The maximum Gasteiger partial charge on any atom is 0.338 e. The molecule has 0 saturated carbocycles. The van der Waals surface area contributed by atoms with Crippen molar-refractivity contribution in [2.45, 2.75) is 20.5 Å². The van der Waals surface area contributed by atoms with Crippen molar-refractivity contribution in [3.8, 4) is 22.8 Å². The first-order valence-corrected chi connectivity index (χ1v) is 8.89. The third-order valence-corrected chi connectivity index (χ3v) is 3.82. The highest BCUT2D eigenvalue weighted by molar-refractivity contribution is 5.90. The monoisotopic (exact) mass is 385 g/mol. The van der Waals surface area contributed by atoms with E-state index in [9.17, 15) is 9.18 Å². The summed E-state index contributed by atoms with van der Waals surface area (Å²) in [6, 6.07) is 12.4. The maximum atomic E-state index is 13.0. The van der Waals surface area contributed by atoms with Gasteiger partial charge in [0.2, 0.25) is 0 Å². The van der Waals surface area contributed by atoms with Crippen molar-refractivity contribution >= 4 is 5.97 Å². The van der Waals surface area contributed by atoms with Crippen molar-refractivity contribution < 1.29 is 27.9 Å². The minimum Gasteiger partial charge on any atom is -0.490 e. The fourth-order valence-electron chi connectivity index (χ4n) is 2.53. The molecule has 0 aliphatic carbocycles. The molecule has 3 rings (SSSR count). The van der Waals surface area contributed by atoms with Gasteiger partial charge in [-0.2, -0.15) is 0 Å². The topological polar surface area (TPSA) is 70.8 Å². The zero-order chi connectivity index (χ0) is 19.9. The van der Waals surface area contributed by atoms with Gasteiger partial charge in [0, 0.05) is 11.6 Å². The standard InChI is InChI=1S/C21H20FNO5/c1-3-25-18-10-7-15(11-20(18)26-4-2)21(24)27-13-17-12-19(28-23-17)14-5-8-16(22)9-6-14/h5-12H,3-4,13H2,1-2H3. The number of nitrogens with zero attached hydrogens (tertiary/aromatic N) is 1. The molecule has 0 bridgehead atoms. The van der Waals surface area contributed by atoms with E-state index in [1.165, 1.54) is 12.1 Å². The molecular formula is C21H20FNO5. The van der Waals surface area contributed by atoms with Crippen LogP contribution in [0.1, 0.15) is 29.9 Å². The molecule has 6 nitrogen and oxygen atoms in total. The molecule has 1 heterocycles. The number of halogens is 1. The Morgan fingerprint density at radius 3 is 2.43 bits per heavy atom. The lowest BCUT2D eigenvalue weighted by molar-refractivity contribution is 0.0463. The summed E-state index contributed by atoms with van der Waals surface area (Å²) in [4.78, 5) is 12.3. The molecule has 0 radical (unpaired) electrons. The zero-order valence-electron chi connectivity index (χ0n) is 15.6. The van der Waals surface area contributed by atoms with E-state index < -0.39 is 5.97 Å². The van der Waals surface area contributed by atoms with Crippen LogP contribution in [0.2, 0.25) is 0 Å². The minimum absolute atomic E-state index is 0.0549. The van der Waals surface area contributed by atoms with Crippen molar-refractivity contribution in [3.05, 3.63) is 65.6 Å². The Morgan fingerprint density at radius 2 is 1.71 bits per heavy atom. The predicted octanol–water partition coefficient (Wildman–Crippen LogP) is 4.64. The molecule has 0 amide bonds. The van der Waals surface area contributed by atoms with E-state index in [0.717, 1.165) is 0 Å². The average Bonchev–Trinajstić information content (AvgIpc) is 3.17. The summed E-state index contributed by atoms with van der Waals surface area (Å²) in [5.74, 6) is 0.667. The van der Waals surface area contributed by atoms with Gasteiger partial charge in [-0.25, -0.2) is 9.18 Å². The van der Waals surface area contributed by atoms with Gasteiger partial charge in [0.15, 0.2) is 17.3 Å². The van der Waals surface area contributed by atoms with Crippen molar-refractivity contribution in [3.63, 3.8) is 0 Å². The Kier molecular flexibility index (Phi) is 6.26. The molecule has 7 heteroatoms. The quantitative estimate of drug-likeness (QED) is 0.526. The Morgan fingerprint density at radius 1 is 1.00 bits per heavy atom. The number of ether oxygens (including phenoxy) is 3. The summed E-state index contributed by atoms with van der Waals surface area (Å²) in [5.41, 5.74) is 1.47. The highest BCUT2D eigenvalue weighted by Crippen LogP contribution is 2.29. The van der Waals surface area contributed by atoms with E-state index >= 15 is 0 Å². The molecule has 0 atom stereocenters. The lowest BCUT2D eigenvalue weighted by atomic mass is 10.1. The largest absolute Gasteiger partial charge is 0.490 e. The lowest BCUT2D eigenvalue weighted by Crippen LogP contribution is -2.07.